The first-order valence-electron chi connectivity index (χ1n) is 8.51. The fraction of sp³-hybridized carbons (Fsp3) is 0.444. The lowest BCUT2D eigenvalue weighted by atomic mass is 10.2. The van der Waals surface area contributed by atoms with E-state index in [1.54, 1.807) is 32.2 Å². The number of nitrogens with one attached hydrogen (secondary N) is 2. The average Bonchev–Trinajstić information content (AvgIpc) is 2.95. The molecule has 0 spiro atoms. The summed E-state index contributed by atoms with van der Waals surface area (Å²) in [4.78, 5) is 8.38. The molecule has 28 heavy (non-hydrogen) atoms. The number of hydrogen-bond donors (Lipinski definition) is 2. The van der Waals surface area contributed by atoms with Crippen molar-refractivity contribution in [2.45, 2.75) is 40.5 Å². The molecule has 156 valence electrons. The quantitative estimate of drug-likeness (QED) is 0.320. The highest BCUT2D eigenvalue weighted by molar-refractivity contribution is 14.0. The Labute approximate surface area is 179 Å². The number of para-hydroxylation sites is 1. The molecule has 1 heterocycles. The number of aromatic nitrogens is 1. The molecule has 1 aromatic carbocycles. The number of halogens is 3. The maximum Gasteiger partial charge on any atom is 0.387 e. The van der Waals surface area contributed by atoms with Crippen LogP contribution in [0.3, 0.4) is 0 Å². The first kappa shape index (κ1) is 23.9. The minimum atomic E-state index is -2.95. The first-order valence-corrected chi connectivity index (χ1v) is 8.51. The van der Waals surface area contributed by atoms with Gasteiger partial charge in [-0.15, -0.1) is 24.0 Å². The molecule has 2 aromatic rings. The van der Waals surface area contributed by atoms with Crippen LogP contribution >= 0.6 is 24.0 Å². The van der Waals surface area contributed by atoms with Crippen LogP contribution in [0.15, 0.2) is 27.6 Å². The standard InChI is InChI=1S/C18H24F2N4O3.HI/c1-5-25-14-8-6-7-13(16(14)27-17(19)20)9-22-18(21-4)23-10-15-24-11(2)12(3)26-15;/h6-8,17H,5,9-10H2,1-4H3,(H2,21,22,23);1H. The Morgan fingerprint density at radius 1 is 1.25 bits per heavy atom. The van der Waals surface area contributed by atoms with Crippen molar-refractivity contribution >= 4 is 29.9 Å². The average molecular weight is 510 g/mol. The van der Waals surface area contributed by atoms with E-state index in [1.165, 1.54) is 0 Å². The van der Waals surface area contributed by atoms with E-state index in [1.807, 2.05) is 13.8 Å². The summed E-state index contributed by atoms with van der Waals surface area (Å²) in [5, 5.41) is 6.11. The highest BCUT2D eigenvalue weighted by Crippen LogP contribution is 2.32. The molecule has 0 aliphatic rings. The third kappa shape index (κ3) is 6.80. The zero-order valence-electron chi connectivity index (χ0n) is 16.2. The molecule has 0 amide bonds. The number of hydrogen-bond acceptors (Lipinski definition) is 5. The second kappa shape index (κ2) is 11.7. The number of nitrogens with zero attached hydrogens (tertiary/aromatic N) is 2. The zero-order chi connectivity index (χ0) is 19.8. The van der Waals surface area contributed by atoms with Crippen molar-refractivity contribution in [3.8, 4) is 11.5 Å². The van der Waals surface area contributed by atoms with Crippen molar-refractivity contribution in [1.29, 1.82) is 0 Å². The normalized spacial score (nSPS) is 11.2. The van der Waals surface area contributed by atoms with Crippen LogP contribution < -0.4 is 20.1 Å². The number of aliphatic imine (C=N–C) groups is 1. The zero-order valence-corrected chi connectivity index (χ0v) is 18.5. The van der Waals surface area contributed by atoms with E-state index >= 15 is 0 Å². The first-order chi connectivity index (χ1) is 12.9. The number of benzene rings is 1. The molecule has 7 nitrogen and oxygen atoms in total. The molecule has 2 rings (SSSR count). The van der Waals surface area contributed by atoms with Crippen molar-refractivity contribution < 1.29 is 22.7 Å². The van der Waals surface area contributed by atoms with Crippen molar-refractivity contribution in [3.63, 3.8) is 0 Å². The number of guanidine groups is 1. The highest BCUT2D eigenvalue weighted by Gasteiger charge is 2.16. The maximum atomic E-state index is 12.8. The lowest BCUT2D eigenvalue weighted by Gasteiger charge is -2.17. The number of aryl methyl sites for hydroxylation is 2. The molecule has 0 aliphatic carbocycles. The van der Waals surface area contributed by atoms with Crippen LogP contribution in [0.25, 0.3) is 0 Å². The molecule has 10 heteroatoms. The van der Waals surface area contributed by atoms with Gasteiger partial charge in [0.25, 0.3) is 0 Å². The van der Waals surface area contributed by atoms with Crippen LogP contribution in [0.4, 0.5) is 8.78 Å². The van der Waals surface area contributed by atoms with Gasteiger partial charge in [-0.3, -0.25) is 4.99 Å². The summed E-state index contributed by atoms with van der Waals surface area (Å²) in [6.45, 7) is 3.43. The van der Waals surface area contributed by atoms with Crippen LogP contribution in [0.1, 0.15) is 29.8 Å². The van der Waals surface area contributed by atoms with Gasteiger partial charge in [-0.2, -0.15) is 8.78 Å². The van der Waals surface area contributed by atoms with Crippen LogP contribution in [0.2, 0.25) is 0 Å². The number of rotatable bonds is 8. The molecule has 0 radical (unpaired) electrons. The summed E-state index contributed by atoms with van der Waals surface area (Å²) in [5.41, 5.74) is 1.35. The Bertz CT molecular complexity index is 765. The van der Waals surface area contributed by atoms with Crippen LogP contribution in [0, 0.1) is 13.8 Å². The van der Waals surface area contributed by atoms with Gasteiger partial charge in [0.2, 0.25) is 5.89 Å². The fourth-order valence-electron chi connectivity index (χ4n) is 2.37. The summed E-state index contributed by atoms with van der Waals surface area (Å²) < 4.78 is 41.1. The Balaban J connectivity index is 0.00000392. The van der Waals surface area contributed by atoms with Crippen LogP contribution in [0.5, 0.6) is 11.5 Å². The third-order valence-electron chi connectivity index (χ3n) is 3.72. The predicted octanol–water partition coefficient (Wildman–Crippen LogP) is 3.77. The Morgan fingerprint density at radius 3 is 2.54 bits per heavy atom. The number of oxazole rings is 1. The van der Waals surface area contributed by atoms with E-state index < -0.39 is 6.61 Å². The molecular formula is C18H25F2IN4O3. The van der Waals surface area contributed by atoms with Gasteiger partial charge < -0.3 is 24.5 Å². The summed E-state index contributed by atoms with van der Waals surface area (Å²) in [6, 6.07) is 4.99. The molecule has 0 aliphatic heterocycles. The largest absolute Gasteiger partial charge is 0.490 e. The van der Waals surface area contributed by atoms with Gasteiger partial charge in [-0.1, -0.05) is 12.1 Å². The van der Waals surface area contributed by atoms with Gasteiger partial charge in [0.15, 0.2) is 17.5 Å². The molecule has 1 aromatic heterocycles. The van der Waals surface area contributed by atoms with Gasteiger partial charge >= 0.3 is 6.61 Å². The lowest BCUT2D eigenvalue weighted by Crippen LogP contribution is -2.36. The van der Waals surface area contributed by atoms with Crippen LogP contribution in [-0.2, 0) is 13.1 Å². The smallest absolute Gasteiger partial charge is 0.387 e. The Hall–Kier alpha value is -2.11. The van der Waals surface area contributed by atoms with Gasteiger partial charge in [-0.25, -0.2) is 4.98 Å². The van der Waals surface area contributed by atoms with Crippen molar-refractivity contribution in [2.75, 3.05) is 13.7 Å². The molecule has 0 saturated heterocycles. The van der Waals surface area contributed by atoms with Gasteiger partial charge in [0.05, 0.1) is 18.8 Å². The Morgan fingerprint density at radius 2 is 1.96 bits per heavy atom. The molecule has 0 atom stereocenters. The van der Waals surface area contributed by atoms with E-state index in [0.717, 1.165) is 11.5 Å². The van der Waals surface area contributed by atoms with Gasteiger partial charge in [-0.05, 0) is 26.8 Å². The van der Waals surface area contributed by atoms with Crippen LogP contribution in [-0.4, -0.2) is 31.2 Å². The van der Waals surface area contributed by atoms with E-state index in [4.69, 9.17) is 9.15 Å². The predicted molar refractivity (Wildman–Crippen MR) is 113 cm³/mol. The highest BCUT2D eigenvalue weighted by atomic mass is 127. The summed E-state index contributed by atoms with van der Waals surface area (Å²) >= 11 is 0. The molecule has 0 unspecified atom stereocenters. The molecule has 0 bridgehead atoms. The minimum Gasteiger partial charge on any atom is -0.490 e. The topological polar surface area (TPSA) is 80.9 Å². The van der Waals surface area contributed by atoms with Crippen molar-refractivity contribution in [1.82, 2.24) is 15.6 Å². The van der Waals surface area contributed by atoms with E-state index in [9.17, 15) is 8.78 Å². The second-order valence-corrected chi connectivity index (χ2v) is 5.58. The molecule has 0 saturated carbocycles. The molecule has 2 N–H and O–H groups in total. The van der Waals surface area contributed by atoms with E-state index in [2.05, 4.69) is 25.3 Å². The Kier molecular flexibility index (Phi) is 9.97. The monoisotopic (exact) mass is 510 g/mol. The van der Waals surface area contributed by atoms with E-state index in [0.29, 0.717) is 30.6 Å². The maximum absolute atomic E-state index is 12.8. The fourth-order valence-corrected chi connectivity index (χ4v) is 2.37. The summed E-state index contributed by atoms with van der Waals surface area (Å²) in [7, 11) is 1.61. The lowest BCUT2D eigenvalue weighted by molar-refractivity contribution is -0.0520. The minimum absolute atomic E-state index is 0. The van der Waals surface area contributed by atoms with E-state index in [-0.39, 0.29) is 42.0 Å². The van der Waals surface area contributed by atoms with Crippen molar-refractivity contribution in [3.05, 3.63) is 41.1 Å². The number of ether oxygens (including phenoxy) is 2. The SMILES string of the molecule is CCOc1cccc(CNC(=NC)NCc2nc(C)c(C)o2)c1OC(F)F.I. The van der Waals surface area contributed by atoms with Gasteiger partial charge in [0, 0.05) is 19.2 Å². The third-order valence-corrected chi connectivity index (χ3v) is 3.72. The summed E-state index contributed by atoms with van der Waals surface area (Å²) in [6.07, 6.45) is 0. The van der Waals surface area contributed by atoms with Gasteiger partial charge in [0.1, 0.15) is 5.76 Å². The molecular weight excluding hydrogens is 485 g/mol. The number of alkyl halides is 2. The second-order valence-electron chi connectivity index (χ2n) is 5.58. The molecule has 0 fully saturated rings. The summed E-state index contributed by atoms with van der Waals surface area (Å²) in [5.74, 6) is 2.04. The van der Waals surface area contributed by atoms with Crippen molar-refractivity contribution in [2.24, 2.45) is 4.99 Å².